The molecule has 1 saturated heterocycles. The normalized spacial score (nSPS) is 17.5. The quantitative estimate of drug-likeness (QED) is 0.835. The highest BCUT2D eigenvalue weighted by atomic mass is 35.5. The van der Waals surface area contributed by atoms with Gasteiger partial charge in [-0.1, -0.05) is 11.6 Å². The van der Waals surface area contributed by atoms with Gasteiger partial charge in [0, 0.05) is 19.1 Å². The lowest BCUT2D eigenvalue weighted by molar-refractivity contribution is 0.248. The van der Waals surface area contributed by atoms with Crippen LogP contribution in [0.4, 0.5) is 5.82 Å². The van der Waals surface area contributed by atoms with E-state index in [1.165, 1.54) is 6.33 Å². The molecule has 1 aliphatic heterocycles. The van der Waals surface area contributed by atoms with Gasteiger partial charge in [-0.2, -0.15) is 0 Å². The van der Waals surface area contributed by atoms with Crippen LogP contribution in [0.3, 0.4) is 0 Å². The number of anilines is 1. The van der Waals surface area contributed by atoms with E-state index in [0.717, 1.165) is 31.7 Å². The van der Waals surface area contributed by atoms with Crippen LogP contribution in [0.5, 0.6) is 0 Å². The Hall–Kier alpha value is -0.910. The van der Waals surface area contributed by atoms with E-state index in [2.05, 4.69) is 33.9 Å². The summed E-state index contributed by atoms with van der Waals surface area (Å²) in [5.41, 5.74) is 0.627. The summed E-state index contributed by atoms with van der Waals surface area (Å²) in [4.78, 5) is 12.6. The predicted octanol–water partition coefficient (Wildman–Crippen LogP) is 1.15. The van der Waals surface area contributed by atoms with Crippen molar-refractivity contribution in [1.82, 2.24) is 14.9 Å². The fourth-order valence-corrected chi connectivity index (χ4v) is 2.57. The first-order valence-electron chi connectivity index (χ1n) is 6.15. The number of rotatable bonds is 3. The van der Waals surface area contributed by atoms with E-state index >= 15 is 0 Å². The standard InChI is InChI=1S/C12H19ClN4O/c1-16(2)9-3-5-17(6-4-9)12-10(7-18)11(13)14-8-15-12/h8-9,18H,3-7H2,1-2H3. The third-order valence-electron chi connectivity index (χ3n) is 3.52. The summed E-state index contributed by atoms with van der Waals surface area (Å²) >= 11 is 5.98. The number of hydrogen-bond acceptors (Lipinski definition) is 5. The Morgan fingerprint density at radius 1 is 1.39 bits per heavy atom. The highest BCUT2D eigenvalue weighted by Crippen LogP contribution is 2.26. The van der Waals surface area contributed by atoms with Gasteiger partial charge in [-0.05, 0) is 26.9 Å². The molecule has 0 aromatic carbocycles. The van der Waals surface area contributed by atoms with Gasteiger partial charge in [-0.25, -0.2) is 9.97 Å². The summed E-state index contributed by atoms with van der Waals surface area (Å²) in [5, 5.41) is 9.72. The van der Waals surface area contributed by atoms with Crippen molar-refractivity contribution in [3.05, 3.63) is 17.0 Å². The van der Waals surface area contributed by atoms with Crippen molar-refractivity contribution in [3.8, 4) is 0 Å². The molecular formula is C12H19ClN4O. The zero-order valence-electron chi connectivity index (χ0n) is 10.8. The van der Waals surface area contributed by atoms with E-state index in [9.17, 15) is 5.11 Å². The molecule has 0 atom stereocenters. The number of aromatic nitrogens is 2. The van der Waals surface area contributed by atoms with Crippen molar-refractivity contribution >= 4 is 17.4 Å². The lowest BCUT2D eigenvalue weighted by Crippen LogP contribution is -2.42. The van der Waals surface area contributed by atoms with Crippen LogP contribution in [-0.2, 0) is 6.61 Å². The molecule has 6 heteroatoms. The summed E-state index contributed by atoms with van der Waals surface area (Å²) in [6, 6.07) is 0.621. The molecule has 100 valence electrons. The van der Waals surface area contributed by atoms with Crippen molar-refractivity contribution in [2.45, 2.75) is 25.5 Å². The highest BCUT2D eigenvalue weighted by Gasteiger charge is 2.23. The first-order chi connectivity index (χ1) is 8.63. The van der Waals surface area contributed by atoms with Crippen LogP contribution in [0, 0.1) is 0 Å². The monoisotopic (exact) mass is 270 g/mol. The van der Waals surface area contributed by atoms with Crippen LogP contribution < -0.4 is 4.90 Å². The molecule has 1 aromatic heterocycles. The maximum Gasteiger partial charge on any atom is 0.140 e. The highest BCUT2D eigenvalue weighted by molar-refractivity contribution is 6.30. The molecule has 0 unspecified atom stereocenters. The summed E-state index contributed by atoms with van der Waals surface area (Å²) in [6.07, 6.45) is 3.65. The van der Waals surface area contributed by atoms with Gasteiger partial charge in [0.15, 0.2) is 0 Å². The molecule has 1 fully saturated rings. The molecule has 0 radical (unpaired) electrons. The molecular weight excluding hydrogens is 252 g/mol. The maximum atomic E-state index is 9.37. The third kappa shape index (κ3) is 2.74. The van der Waals surface area contributed by atoms with E-state index in [0.29, 0.717) is 16.8 Å². The molecule has 0 bridgehead atoms. The number of halogens is 1. The molecule has 5 nitrogen and oxygen atoms in total. The van der Waals surface area contributed by atoms with Crippen LogP contribution in [0.15, 0.2) is 6.33 Å². The molecule has 0 saturated carbocycles. The van der Waals surface area contributed by atoms with Crippen LogP contribution in [-0.4, -0.2) is 53.2 Å². The SMILES string of the molecule is CN(C)C1CCN(c2ncnc(Cl)c2CO)CC1. The Balaban J connectivity index is 2.12. The van der Waals surface area contributed by atoms with Crippen molar-refractivity contribution < 1.29 is 5.11 Å². The third-order valence-corrected chi connectivity index (χ3v) is 3.85. The molecule has 0 aliphatic carbocycles. The minimum Gasteiger partial charge on any atom is -0.391 e. The van der Waals surface area contributed by atoms with Crippen LogP contribution >= 0.6 is 11.6 Å². The van der Waals surface area contributed by atoms with Crippen molar-refractivity contribution in [3.63, 3.8) is 0 Å². The van der Waals surface area contributed by atoms with E-state index in [1.807, 2.05) is 0 Å². The van der Waals surface area contributed by atoms with Gasteiger partial charge >= 0.3 is 0 Å². The second-order valence-corrected chi connectivity index (χ2v) is 5.16. The van der Waals surface area contributed by atoms with Crippen LogP contribution in [0.1, 0.15) is 18.4 Å². The molecule has 2 heterocycles. The number of nitrogens with zero attached hydrogens (tertiary/aromatic N) is 4. The Kier molecular flexibility index (Phi) is 4.37. The zero-order valence-corrected chi connectivity index (χ0v) is 11.6. The van der Waals surface area contributed by atoms with Gasteiger partial charge in [0.25, 0.3) is 0 Å². The molecule has 2 rings (SSSR count). The molecule has 1 N–H and O–H groups in total. The minimum absolute atomic E-state index is 0.122. The maximum absolute atomic E-state index is 9.37. The van der Waals surface area contributed by atoms with Crippen molar-refractivity contribution in [1.29, 1.82) is 0 Å². The summed E-state index contributed by atoms with van der Waals surface area (Å²) in [5.74, 6) is 0.773. The van der Waals surface area contributed by atoms with E-state index in [4.69, 9.17) is 11.6 Å². The average molecular weight is 271 g/mol. The zero-order chi connectivity index (χ0) is 13.1. The summed E-state index contributed by atoms with van der Waals surface area (Å²) in [7, 11) is 4.22. The largest absolute Gasteiger partial charge is 0.391 e. The average Bonchev–Trinajstić information content (AvgIpc) is 2.38. The molecule has 0 spiro atoms. The van der Waals surface area contributed by atoms with Crippen LogP contribution in [0.2, 0.25) is 5.15 Å². The van der Waals surface area contributed by atoms with Gasteiger partial charge in [0.1, 0.15) is 17.3 Å². The lowest BCUT2D eigenvalue weighted by Gasteiger charge is -2.36. The van der Waals surface area contributed by atoms with E-state index < -0.39 is 0 Å². The van der Waals surface area contributed by atoms with E-state index in [-0.39, 0.29) is 6.61 Å². The summed E-state index contributed by atoms with van der Waals surface area (Å²) < 4.78 is 0. The Bertz CT molecular complexity index is 405. The molecule has 1 aromatic rings. The van der Waals surface area contributed by atoms with Gasteiger partial charge in [0.05, 0.1) is 12.2 Å². The van der Waals surface area contributed by atoms with Gasteiger partial charge in [-0.15, -0.1) is 0 Å². The number of piperidine rings is 1. The topological polar surface area (TPSA) is 52.5 Å². The number of aliphatic hydroxyl groups is 1. The van der Waals surface area contributed by atoms with Gasteiger partial charge < -0.3 is 14.9 Å². The molecule has 0 amide bonds. The Morgan fingerprint density at radius 3 is 2.61 bits per heavy atom. The van der Waals surface area contributed by atoms with E-state index in [1.54, 1.807) is 0 Å². The second kappa shape index (κ2) is 5.82. The van der Waals surface area contributed by atoms with Crippen LogP contribution in [0.25, 0.3) is 0 Å². The smallest absolute Gasteiger partial charge is 0.140 e. The van der Waals surface area contributed by atoms with Gasteiger partial charge in [0.2, 0.25) is 0 Å². The first-order valence-corrected chi connectivity index (χ1v) is 6.53. The predicted molar refractivity (Wildman–Crippen MR) is 71.9 cm³/mol. The van der Waals surface area contributed by atoms with Crippen molar-refractivity contribution in [2.75, 3.05) is 32.1 Å². The Morgan fingerprint density at radius 2 is 2.06 bits per heavy atom. The van der Waals surface area contributed by atoms with Gasteiger partial charge in [-0.3, -0.25) is 0 Å². The molecule has 1 aliphatic rings. The number of aliphatic hydroxyl groups excluding tert-OH is 1. The fourth-order valence-electron chi connectivity index (χ4n) is 2.38. The summed E-state index contributed by atoms with van der Waals surface area (Å²) in [6.45, 7) is 1.75. The lowest BCUT2D eigenvalue weighted by atomic mass is 10.0. The number of hydrogen-bond donors (Lipinski definition) is 1. The minimum atomic E-state index is -0.122. The van der Waals surface area contributed by atoms with Crippen molar-refractivity contribution in [2.24, 2.45) is 0 Å². The second-order valence-electron chi connectivity index (χ2n) is 4.81. The molecule has 18 heavy (non-hydrogen) atoms. The fraction of sp³-hybridized carbons (Fsp3) is 0.667. The Labute approximate surface area is 112 Å². The first kappa shape index (κ1) is 13.5.